The first-order chi connectivity index (χ1) is 8.29. The van der Waals surface area contributed by atoms with Gasteiger partial charge < -0.3 is 0 Å². The van der Waals surface area contributed by atoms with Crippen molar-refractivity contribution in [2.75, 3.05) is 0 Å². The van der Waals surface area contributed by atoms with Crippen LogP contribution in [-0.4, -0.2) is 5.78 Å². The summed E-state index contributed by atoms with van der Waals surface area (Å²) in [6.45, 7) is 2.31. The fourth-order valence-electron chi connectivity index (χ4n) is 1.83. The van der Waals surface area contributed by atoms with Gasteiger partial charge in [0, 0.05) is 22.5 Å². The Morgan fingerprint density at radius 1 is 1.17 bits per heavy atom. The van der Waals surface area contributed by atoms with E-state index < -0.39 is 5.92 Å². The van der Waals surface area contributed by atoms with Crippen LogP contribution in [0.1, 0.15) is 29.8 Å². The highest BCUT2D eigenvalue weighted by molar-refractivity contribution is 9.10. The van der Waals surface area contributed by atoms with E-state index in [4.69, 9.17) is 0 Å². The molecular formula is C14H11BrF2O. The second-order valence-electron chi connectivity index (χ2n) is 4.34. The summed E-state index contributed by atoms with van der Waals surface area (Å²) in [4.78, 5) is 11.3. The molecule has 2 rings (SSSR count). The smallest absolute Gasteiger partial charge is 0.271 e. The number of ketones is 1. The molecule has 0 heterocycles. The summed E-state index contributed by atoms with van der Waals surface area (Å²) in [7, 11) is 0. The monoisotopic (exact) mass is 312 g/mol. The molecule has 0 N–H and O–H groups in total. The van der Waals surface area contributed by atoms with Crippen LogP contribution in [0, 0.1) is 0 Å². The zero-order chi connectivity index (χ0) is 13.5. The number of benzene rings is 2. The summed E-state index contributed by atoms with van der Waals surface area (Å²) in [6.07, 6.45) is 0. The molecule has 2 aromatic carbocycles. The Bertz CT molecular complexity index is 629. The molecule has 0 spiro atoms. The lowest BCUT2D eigenvalue weighted by Crippen LogP contribution is -2.08. The van der Waals surface area contributed by atoms with E-state index in [0.717, 1.165) is 12.3 Å². The highest BCUT2D eigenvalue weighted by Crippen LogP contribution is 2.36. The van der Waals surface area contributed by atoms with Crippen LogP contribution in [0.4, 0.5) is 8.78 Å². The molecule has 0 bridgehead atoms. The van der Waals surface area contributed by atoms with E-state index in [0.29, 0.717) is 15.4 Å². The third-order valence-corrected chi connectivity index (χ3v) is 3.46. The van der Waals surface area contributed by atoms with Gasteiger partial charge in [0.05, 0.1) is 0 Å². The van der Waals surface area contributed by atoms with Crippen LogP contribution in [-0.2, 0) is 5.92 Å². The van der Waals surface area contributed by atoms with Crippen molar-refractivity contribution in [2.24, 2.45) is 0 Å². The summed E-state index contributed by atoms with van der Waals surface area (Å²) in [6, 6.07) is 8.16. The van der Waals surface area contributed by atoms with E-state index in [1.54, 1.807) is 24.3 Å². The average Bonchev–Trinajstić information content (AvgIpc) is 2.25. The van der Waals surface area contributed by atoms with Gasteiger partial charge in [-0.2, -0.15) is 0 Å². The molecule has 0 aliphatic rings. The number of halogens is 3. The van der Waals surface area contributed by atoms with E-state index >= 15 is 0 Å². The van der Waals surface area contributed by atoms with Gasteiger partial charge in [-0.3, -0.25) is 4.79 Å². The van der Waals surface area contributed by atoms with Crippen LogP contribution in [0.3, 0.4) is 0 Å². The number of Topliss-reactive ketones (excluding diaryl/α,β-unsaturated/α-hetero) is 1. The average molecular weight is 313 g/mol. The van der Waals surface area contributed by atoms with Crippen molar-refractivity contribution in [1.29, 1.82) is 0 Å². The van der Waals surface area contributed by atoms with Gasteiger partial charge in [0.1, 0.15) is 0 Å². The number of hydrogen-bond donors (Lipinski definition) is 0. The maximum absolute atomic E-state index is 13.4. The zero-order valence-corrected chi connectivity index (χ0v) is 11.5. The molecule has 0 saturated carbocycles. The standard InChI is InChI=1S/C14H11BrF2O/c1-8(18)9-3-4-10-7-13(15)12(14(2,16)17)6-11(10)5-9/h3-7H,1-2H3. The minimum atomic E-state index is -2.92. The van der Waals surface area contributed by atoms with E-state index in [1.807, 2.05) is 0 Å². The second kappa shape index (κ2) is 4.43. The Morgan fingerprint density at radius 3 is 2.39 bits per heavy atom. The lowest BCUT2D eigenvalue weighted by Gasteiger charge is -2.14. The summed E-state index contributed by atoms with van der Waals surface area (Å²) >= 11 is 3.15. The summed E-state index contributed by atoms with van der Waals surface area (Å²) in [5.74, 6) is -3.00. The molecule has 0 unspecified atom stereocenters. The van der Waals surface area contributed by atoms with Crippen LogP contribution in [0.25, 0.3) is 10.8 Å². The highest BCUT2D eigenvalue weighted by atomic mass is 79.9. The number of fused-ring (bicyclic) bond motifs is 1. The predicted octanol–water partition coefficient (Wildman–Crippen LogP) is 4.92. The Morgan fingerprint density at radius 2 is 1.83 bits per heavy atom. The molecule has 0 aliphatic heterocycles. The Kier molecular flexibility index (Phi) is 3.23. The molecule has 0 amide bonds. The number of carbonyl (C=O) groups excluding carboxylic acids is 1. The molecule has 1 nitrogen and oxygen atoms in total. The lowest BCUT2D eigenvalue weighted by molar-refractivity contribution is 0.0168. The minimum Gasteiger partial charge on any atom is -0.295 e. The molecule has 0 atom stereocenters. The summed E-state index contributed by atoms with van der Waals surface area (Å²) in [5.41, 5.74) is 0.450. The number of hydrogen-bond acceptors (Lipinski definition) is 1. The largest absolute Gasteiger partial charge is 0.295 e. The fourth-order valence-corrected chi connectivity index (χ4v) is 2.53. The molecule has 0 fully saturated rings. The number of rotatable bonds is 2. The first-order valence-corrected chi connectivity index (χ1v) is 6.21. The van der Waals surface area contributed by atoms with Gasteiger partial charge in [-0.05, 0) is 35.9 Å². The molecule has 4 heteroatoms. The minimum absolute atomic E-state index is 0.0734. The molecule has 0 aromatic heterocycles. The third-order valence-electron chi connectivity index (χ3n) is 2.81. The molecule has 0 radical (unpaired) electrons. The van der Waals surface area contributed by atoms with Crippen LogP contribution >= 0.6 is 15.9 Å². The van der Waals surface area contributed by atoms with Crippen molar-refractivity contribution >= 4 is 32.5 Å². The molecule has 94 valence electrons. The first kappa shape index (κ1) is 13.1. The normalized spacial score (nSPS) is 11.8. The maximum Gasteiger partial charge on any atom is 0.271 e. The van der Waals surface area contributed by atoms with Crippen molar-refractivity contribution in [3.05, 3.63) is 45.9 Å². The van der Waals surface area contributed by atoms with Gasteiger partial charge >= 0.3 is 0 Å². The Labute approximate surface area is 112 Å². The first-order valence-electron chi connectivity index (χ1n) is 5.41. The van der Waals surface area contributed by atoms with Gasteiger partial charge in [-0.1, -0.05) is 28.1 Å². The predicted molar refractivity (Wildman–Crippen MR) is 71.2 cm³/mol. The van der Waals surface area contributed by atoms with Crippen LogP contribution in [0.15, 0.2) is 34.8 Å². The van der Waals surface area contributed by atoms with Crippen molar-refractivity contribution < 1.29 is 13.6 Å². The van der Waals surface area contributed by atoms with E-state index in [-0.39, 0.29) is 11.3 Å². The fraction of sp³-hybridized carbons (Fsp3) is 0.214. The molecule has 18 heavy (non-hydrogen) atoms. The summed E-state index contributed by atoms with van der Waals surface area (Å²) in [5, 5.41) is 1.46. The summed E-state index contributed by atoms with van der Waals surface area (Å²) < 4.78 is 27.2. The van der Waals surface area contributed by atoms with E-state index in [2.05, 4.69) is 15.9 Å². The number of alkyl halides is 2. The molecule has 0 saturated heterocycles. The van der Waals surface area contributed by atoms with Gasteiger partial charge in [0.25, 0.3) is 5.92 Å². The van der Waals surface area contributed by atoms with Crippen LogP contribution < -0.4 is 0 Å². The van der Waals surface area contributed by atoms with Crippen molar-refractivity contribution in [3.63, 3.8) is 0 Å². The lowest BCUT2D eigenvalue weighted by atomic mass is 10.0. The van der Waals surface area contributed by atoms with Crippen LogP contribution in [0.2, 0.25) is 0 Å². The Balaban J connectivity index is 2.71. The quantitative estimate of drug-likeness (QED) is 0.720. The number of carbonyl (C=O) groups is 1. The van der Waals surface area contributed by atoms with Crippen molar-refractivity contribution in [2.45, 2.75) is 19.8 Å². The van der Waals surface area contributed by atoms with Crippen molar-refractivity contribution in [3.8, 4) is 0 Å². The van der Waals surface area contributed by atoms with E-state index in [1.165, 1.54) is 13.0 Å². The zero-order valence-electron chi connectivity index (χ0n) is 9.93. The molecule has 0 aliphatic carbocycles. The van der Waals surface area contributed by atoms with Gasteiger partial charge in [-0.15, -0.1) is 0 Å². The second-order valence-corrected chi connectivity index (χ2v) is 5.19. The molecule has 2 aromatic rings. The SMILES string of the molecule is CC(=O)c1ccc2cc(Br)c(C(C)(F)F)cc2c1. The van der Waals surface area contributed by atoms with E-state index in [9.17, 15) is 13.6 Å². The van der Waals surface area contributed by atoms with Crippen LogP contribution in [0.5, 0.6) is 0 Å². The highest BCUT2D eigenvalue weighted by Gasteiger charge is 2.27. The van der Waals surface area contributed by atoms with Gasteiger partial charge in [0.15, 0.2) is 5.78 Å². The van der Waals surface area contributed by atoms with Crippen molar-refractivity contribution in [1.82, 2.24) is 0 Å². The van der Waals surface area contributed by atoms with Gasteiger partial charge in [0.2, 0.25) is 0 Å². The maximum atomic E-state index is 13.4. The Hall–Kier alpha value is -1.29. The topological polar surface area (TPSA) is 17.1 Å². The van der Waals surface area contributed by atoms with Gasteiger partial charge in [-0.25, -0.2) is 8.78 Å². The third kappa shape index (κ3) is 2.43. The molecular weight excluding hydrogens is 302 g/mol.